The molecule has 0 unspecified atom stereocenters. The Balaban J connectivity index is 1.98. The van der Waals surface area contributed by atoms with Crippen molar-refractivity contribution in [1.82, 2.24) is 4.90 Å². The van der Waals surface area contributed by atoms with E-state index in [0.29, 0.717) is 11.4 Å². The summed E-state index contributed by atoms with van der Waals surface area (Å²) in [7, 11) is 1.32. The van der Waals surface area contributed by atoms with Crippen LogP contribution in [0.1, 0.15) is 37.3 Å². The molecule has 0 amide bonds. The van der Waals surface area contributed by atoms with Crippen LogP contribution in [0.3, 0.4) is 0 Å². The van der Waals surface area contributed by atoms with Crippen molar-refractivity contribution in [2.75, 3.05) is 13.7 Å². The Hall–Kier alpha value is -1.66. The zero-order chi connectivity index (χ0) is 17.3. The third-order valence-corrected chi connectivity index (χ3v) is 5.52. The topological polar surface area (TPSA) is 72.7 Å². The molecule has 2 aliphatic heterocycles. The lowest BCUT2D eigenvalue weighted by atomic mass is 9.78. The Morgan fingerprint density at radius 2 is 2.12 bits per heavy atom. The fourth-order valence-electron chi connectivity index (χ4n) is 4.26. The van der Waals surface area contributed by atoms with E-state index in [1.165, 1.54) is 7.11 Å². The summed E-state index contributed by atoms with van der Waals surface area (Å²) >= 11 is 5.97. The molecule has 0 bridgehead atoms. The van der Waals surface area contributed by atoms with E-state index in [2.05, 4.69) is 4.90 Å². The standard InChI is InChI=1S/C17H21ClN2O4/c1-24-15(21)10-12-9-14-3-2-8-19(14)16(17(12)20(22)23)11-4-6-13(18)7-5-11/h4-7,12,14,16-17H,2-3,8-10H2,1H3/t12-,14-,16+,17-/m0/s1. The smallest absolute Gasteiger partial charge is 0.306 e. The quantitative estimate of drug-likeness (QED) is 0.473. The Bertz CT molecular complexity index is 622. The van der Waals surface area contributed by atoms with Crippen LogP contribution in [0.4, 0.5) is 0 Å². The molecule has 2 aliphatic rings. The van der Waals surface area contributed by atoms with E-state index in [1.807, 2.05) is 12.1 Å². The predicted molar refractivity (Wildman–Crippen MR) is 89.4 cm³/mol. The molecule has 0 radical (unpaired) electrons. The van der Waals surface area contributed by atoms with Gasteiger partial charge in [0.15, 0.2) is 0 Å². The van der Waals surface area contributed by atoms with Crippen molar-refractivity contribution in [3.8, 4) is 0 Å². The maximum Gasteiger partial charge on any atom is 0.306 e. The number of hydrogen-bond acceptors (Lipinski definition) is 5. The molecule has 2 fully saturated rings. The highest BCUT2D eigenvalue weighted by molar-refractivity contribution is 6.30. The van der Waals surface area contributed by atoms with Crippen LogP contribution in [-0.4, -0.2) is 41.5 Å². The highest BCUT2D eigenvalue weighted by atomic mass is 35.5. The molecule has 0 N–H and O–H groups in total. The Morgan fingerprint density at radius 3 is 2.75 bits per heavy atom. The van der Waals surface area contributed by atoms with E-state index in [1.54, 1.807) is 12.1 Å². The molecule has 1 aromatic carbocycles. The van der Waals surface area contributed by atoms with Crippen molar-refractivity contribution in [1.29, 1.82) is 0 Å². The second-order valence-corrected chi connectivity index (χ2v) is 7.02. The number of nitrogens with zero attached hydrogens (tertiary/aromatic N) is 2. The van der Waals surface area contributed by atoms with Gasteiger partial charge < -0.3 is 4.74 Å². The molecule has 4 atom stereocenters. The maximum atomic E-state index is 11.9. The molecule has 0 saturated carbocycles. The molecular weight excluding hydrogens is 332 g/mol. The van der Waals surface area contributed by atoms with Gasteiger partial charge in [-0.05, 0) is 43.5 Å². The first-order chi connectivity index (χ1) is 11.5. The monoisotopic (exact) mass is 352 g/mol. The lowest BCUT2D eigenvalue weighted by molar-refractivity contribution is -0.546. The number of carbonyl (C=O) groups excluding carboxylic acids is 1. The van der Waals surface area contributed by atoms with Crippen LogP contribution in [0.2, 0.25) is 5.02 Å². The first kappa shape index (κ1) is 17.2. The average molecular weight is 353 g/mol. The van der Waals surface area contributed by atoms with Crippen molar-refractivity contribution in [3.63, 3.8) is 0 Å². The van der Waals surface area contributed by atoms with Gasteiger partial charge in [-0.2, -0.15) is 0 Å². The number of ether oxygens (including phenoxy) is 1. The minimum Gasteiger partial charge on any atom is -0.469 e. The van der Waals surface area contributed by atoms with Gasteiger partial charge in [0.1, 0.15) is 6.04 Å². The fraction of sp³-hybridized carbons (Fsp3) is 0.588. The second-order valence-electron chi connectivity index (χ2n) is 6.58. The summed E-state index contributed by atoms with van der Waals surface area (Å²) < 4.78 is 4.76. The summed E-state index contributed by atoms with van der Waals surface area (Å²) in [6, 6.07) is 6.40. The van der Waals surface area contributed by atoms with Gasteiger partial charge in [0.25, 0.3) is 0 Å². The third kappa shape index (κ3) is 3.26. The second kappa shape index (κ2) is 7.07. The van der Waals surface area contributed by atoms with Gasteiger partial charge in [-0.3, -0.25) is 19.8 Å². The van der Waals surface area contributed by atoms with Gasteiger partial charge in [-0.25, -0.2) is 0 Å². The molecule has 2 heterocycles. The number of methoxy groups -OCH3 is 1. The van der Waals surface area contributed by atoms with Crippen LogP contribution in [0.5, 0.6) is 0 Å². The van der Waals surface area contributed by atoms with E-state index >= 15 is 0 Å². The van der Waals surface area contributed by atoms with Gasteiger partial charge in [0, 0.05) is 21.9 Å². The summed E-state index contributed by atoms with van der Waals surface area (Å²) in [5, 5.41) is 12.5. The average Bonchev–Trinajstić information content (AvgIpc) is 3.02. The van der Waals surface area contributed by atoms with Crippen LogP contribution >= 0.6 is 11.6 Å². The minimum atomic E-state index is -0.820. The summed E-state index contributed by atoms with van der Waals surface area (Å²) in [5.74, 6) is -0.694. The van der Waals surface area contributed by atoms with E-state index in [4.69, 9.17) is 16.3 Å². The van der Waals surface area contributed by atoms with Gasteiger partial charge >= 0.3 is 5.97 Å². The SMILES string of the molecule is COC(=O)C[C@@H]1C[C@@H]2CCCN2[C@H](c2ccc(Cl)cc2)[C@H]1[N+](=O)[O-]. The molecule has 7 heteroatoms. The Morgan fingerprint density at radius 1 is 1.42 bits per heavy atom. The van der Waals surface area contributed by atoms with Crippen molar-refractivity contribution < 1.29 is 14.5 Å². The number of rotatable bonds is 4. The summed E-state index contributed by atoms with van der Waals surface area (Å²) in [6.07, 6.45) is 2.82. The highest BCUT2D eigenvalue weighted by Gasteiger charge is 2.52. The van der Waals surface area contributed by atoms with E-state index in [9.17, 15) is 14.9 Å². The van der Waals surface area contributed by atoms with Crippen LogP contribution in [0, 0.1) is 16.0 Å². The summed E-state index contributed by atoms with van der Waals surface area (Å²) in [5.41, 5.74) is 0.891. The first-order valence-electron chi connectivity index (χ1n) is 8.22. The number of hydrogen-bond donors (Lipinski definition) is 0. The molecule has 3 rings (SSSR count). The molecule has 24 heavy (non-hydrogen) atoms. The van der Waals surface area contributed by atoms with Crippen LogP contribution < -0.4 is 0 Å². The van der Waals surface area contributed by atoms with Crippen LogP contribution in [0.25, 0.3) is 0 Å². The van der Waals surface area contributed by atoms with Crippen LogP contribution in [0.15, 0.2) is 24.3 Å². The van der Waals surface area contributed by atoms with E-state index in [-0.39, 0.29) is 35.3 Å². The molecule has 130 valence electrons. The van der Waals surface area contributed by atoms with Gasteiger partial charge in [0.05, 0.1) is 13.5 Å². The number of nitro groups is 1. The Kier molecular flexibility index (Phi) is 5.06. The first-order valence-corrected chi connectivity index (χ1v) is 8.60. The number of benzene rings is 1. The summed E-state index contributed by atoms with van der Waals surface area (Å²) in [4.78, 5) is 25.6. The lowest BCUT2D eigenvalue weighted by Crippen LogP contribution is -2.52. The zero-order valence-electron chi connectivity index (χ0n) is 13.6. The minimum absolute atomic E-state index is 0.0938. The largest absolute Gasteiger partial charge is 0.469 e. The molecule has 2 saturated heterocycles. The van der Waals surface area contributed by atoms with Gasteiger partial charge in [0.2, 0.25) is 6.04 Å². The third-order valence-electron chi connectivity index (χ3n) is 5.27. The molecule has 0 aliphatic carbocycles. The highest BCUT2D eigenvalue weighted by Crippen LogP contribution is 2.44. The molecule has 0 spiro atoms. The van der Waals surface area contributed by atoms with Gasteiger partial charge in [-0.15, -0.1) is 0 Å². The maximum absolute atomic E-state index is 11.9. The number of esters is 1. The number of fused-ring (bicyclic) bond motifs is 1. The van der Waals surface area contributed by atoms with Crippen molar-refractivity contribution in [2.45, 2.75) is 43.8 Å². The van der Waals surface area contributed by atoms with E-state index < -0.39 is 6.04 Å². The van der Waals surface area contributed by atoms with Crippen LogP contribution in [-0.2, 0) is 9.53 Å². The van der Waals surface area contributed by atoms with Gasteiger partial charge in [-0.1, -0.05) is 23.7 Å². The number of piperidine rings is 1. The molecule has 6 nitrogen and oxygen atoms in total. The zero-order valence-corrected chi connectivity index (χ0v) is 14.3. The normalized spacial score (nSPS) is 29.9. The summed E-state index contributed by atoms with van der Waals surface area (Å²) in [6.45, 7) is 0.854. The fourth-order valence-corrected chi connectivity index (χ4v) is 4.38. The number of halogens is 1. The van der Waals surface area contributed by atoms with Crippen molar-refractivity contribution in [2.24, 2.45) is 5.92 Å². The Labute approximate surface area is 145 Å². The predicted octanol–water partition coefficient (Wildman–Crippen LogP) is 3.07. The number of carbonyl (C=O) groups is 1. The molecular formula is C17H21ClN2O4. The molecule has 1 aromatic rings. The van der Waals surface area contributed by atoms with Crippen molar-refractivity contribution >= 4 is 17.6 Å². The lowest BCUT2D eigenvalue weighted by Gasteiger charge is -2.43. The van der Waals surface area contributed by atoms with E-state index in [0.717, 1.165) is 24.9 Å². The molecule has 0 aromatic heterocycles. The van der Waals surface area contributed by atoms with Crippen molar-refractivity contribution in [3.05, 3.63) is 45.0 Å².